The van der Waals surface area contributed by atoms with E-state index in [9.17, 15) is 4.79 Å². The smallest absolute Gasteiger partial charge is 0.236 e. The van der Waals surface area contributed by atoms with Crippen LogP contribution in [0.1, 0.15) is 32.4 Å². The fourth-order valence-corrected chi connectivity index (χ4v) is 1.65. The molecule has 5 heteroatoms. The van der Waals surface area contributed by atoms with Gasteiger partial charge in [0.05, 0.1) is 20.4 Å². The maximum atomic E-state index is 11.8. The molecule has 1 aromatic rings. The summed E-state index contributed by atoms with van der Waals surface area (Å²) in [6, 6.07) is 5.21. The largest absolute Gasteiger partial charge is 0.348 e. The van der Waals surface area contributed by atoms with Crippen molar-refractivity contribution in [3.63, 3.8) is 0 Å². The third kappa shape index (κ3) is 4.16. The number of halogens is 3. The van der Waals surface area contributed by atoms with E-state index >= 15 is 0 Å². The zero-order valence-corrected chi connectivity index (χ0v) is 12.9. The predicted molar refractivity (Wildman–Crippen MR) is 76.0 cm³/mol. The number of alkyl halides is 1. The van der Waals surface area contributed by atoms with Gasteiger partial charge in [0.25, 0.3) is 0 Å². The van der Waals surface area contributed by atoms with E-state index in [1.54, 1.807) is 26.0 Å². The lowest BCUT2D eigenvalue weighted by atomic mass is 10.1. The highest BCUT2D eigenvalue weighted by molar-refractivity contribution is 9.10. The molecule has 0 saturated heterocycles. The van der Waals surface area contributed by atoms with Gasteiger partial charge in [-0.15, -0.1) is 0 Å². The van der Waals surface area contributed by atoms with Crippen molar-refractivity contribution in [3.8, 4) is 0 Å². The Hall–Kier alpha value is -0.250. The summed E-state index contributed by atoms with van der Waals surface area (Å²) >= 11 is 15.1. The minimum atomic E-state index is -0.586. The van der Waals surface area contributed by atoms with Crippen LogP contribution in [0.3, 0.4) is 0 Å². The summed E-state index contributed by atoms with van der Waals surface area (Å²) in [6.45, 7) is 5.49. The average Bonchev–Trinajstić information content (AvgIpc) is 2.20. The Labute approximate surface area is 120 Å². The Morgan fingerprint density at radius 2 is 1.94 bits per heavy atom. The first-order valence-electron chi connectivity index (χ1n) is 5.16. The molecule has 1 aromatic carbocycles. The molecule has 0 aliphatic rings. The van der Waals surface area contributed by atoms with Crippen LogP contribution < -0.4 is 5.32 Å². The van der Waals surface area contributed by atoms with Crippen molar-refractivity contribution in [2.45, 2.75) is 31.1 Å². The zero-order valence-electron chi connectivity index (χ0n) is 9.85. The highest BCUT2D eigenvalue weighted by Crippen LogP contribution is 2.26. The molecule has 0 aliphatic carbocycles. The Morgan fingerprint density at radius 3 is 2.41 bits per heavy atom. The Bertz CT molecular complexity index is 429. The fourth-order valence-electron chi connectivity index (χ4n) is 1.23. The SMILES string of the molecule is CC(NC(=O)C(C)(C)Br)c1ccc(Cl)c(Cl)c1. The van der Waals surface area contributed by atoms with E-state index in [1.165, 1.54) is 0 Å². The van der Waals surface area contributed by atoms with Crippen molar-refractivity contribution in [2.24, 2.45) is 0 Å². The monoisotopic (exact) mass is 337 g/mol. The van der Waals surface area contributed by atoms with Crippen molar-refractivity contribution in [1.29, 1.82) is 0 Å². The van der Waals surface area contributed by atoms with E-state index in [4.69, 9.17) is 23.2 Å². The molecule has 2 nitrogen and oxygen atoms in total. The van der Waals surface area contributed by atoms with Gasteiger partial charge >= 0.3 is 0 Å². The Balaban J connectivity index is 2.80. The second-order valence-corrected chi connectivity index (χ2v) is 7.14. The summed E-state index contributed by atoms with van der Waals surface area (Å²) in [5.41, 5.74) is 0.921. The molecule has 1 unspecified atom stereocenters. The van der Waals surface area contributed by atoms with Gasteiger partial charge < -0.3 is 5.32 Å². The predicted octanol–water partition coefficient (Wildman–Crippen LogP) is 4.34. The van der Waals surface area contributed by atoms with Crippen LogP contribution in [0.15, 0.2) is 18.2 Å². The molecule has 0 spiro atoms. The number of hydrogen-bond acceptors (Lipinski definition) is 1. The van der Waals surface area contributed by atoms with Crippen LogP contribution in [-0.4, -0.2) is 10.2 Å². The van der Waals surface area contributed by atoms with Gasteiger partial charge in [0, 0.05) is 0 Å². The van der Waals surface area contributed by atoms with Gasteiger partial charge in [0.15, 0.2) is 0 Å². The third-order valence-corrected chi connectivity index (χ3v) is 3.43. The molecule has 0 aromatic heterocycles. The molecule has 1 rings (SSSR count). The molecular weight excluding hydrogens is 325 g/mol. The Morgan fingerprint density at radius 1 is 1.35 bits per heavy atom. The van der Waals surface area contributed by atoms with Crippen LogP contribution in [0, 0.1) is 0 Å². The second kappa shape index (κ2) is 5.59. The number of hydrogen-bond donors (Lipinski definition) is 1. The topological polar surface area (TPSA) is 29.1 Å². The number of carbonyl (C=O) groups is 1. The number of rotatable bonds is 3. The van der Waals surface area contributed by atoms with Gasteiger partial charge in [-0.25, -0.2) is 0 Å². The van der Waals surface area contributed by atoms with Crippen LogP contribution in [0.2, 0.25) is 10.0 Å². The van der Waals surface area contributed by atoms with Crippen molar-refractivity contribution in [3.05, 3.63) is 33.8 Å². The maximum Gasteiger partial charge on any atom is 0.236 e. The van der Waals surface area contributed by atoms with Crippen molar-refractivity contribution in [2.75, 3.05) is 0 Å². The molecule has 0 heterocycles. The van der Waals surface area contributed by atoms with Crippen molar-refractivity contribution >= 4 is 45.0 Å². The van der Waals surface area contributed by atoms with Crippen LogP contribution in [0.25, 0.3) is 0 Å². The second-order valence-electron chi connectivity index (χ2n) is 4.34. The number of carbonyl (C=O) groups excluding carboxylic acids is 1. The molecule has 0 radical (unpaired) electrons. The fraction of sp³-hybridized carbons (Fsp3) is 0.417. The van der Waals surface area contributed by atoms with E-state index in [1.807, 2.05) is 13.0 Å². The van der Waals surface area contributed by atoms with E-state index in [0.29, 0.717) is 10.0 Å². The normalized spacial score (nSPS) is 13.3. The number of amides is 1. The molecule has 1 atom stereocenters. The molecule has 0 saturated carbocycles. The highest BCUT2D eigenvalue weighted by Gasteiger charge is 2.25. The summed E-state index contributed by atoms with van der Waals surface area (Å²) in [5.74, 6) is -0.0731. The molecule has 0 fully saturated rings. The Kier molecular flexibility index (Phi) is 4.87. The van der Waals surface area contributed by atoms with E-state index in [-0.39, 0.29) is 11.9 Å². The summed E-state index contributed by atoms with van der Waals surface area (Å²) < 4.78 is -0.586. The van der Waals surface area contributed by atoms with Crippen molar-refractivity contribution < 1.29 is 4.79 Å². The summed E-state index contributed by atoms with van der Waals surface area (Å²) in [7, 11) is 0. The first-order chi connectivity index (χ1) is 7.71. The molecule has 1 N–H and O–H groups in total. The van der Waals surface area contributed by atoms with Crippen LogP contribution >= 0.6 is 39.1 Å². The number of benzene rings is 1. The lowest BCUT2D eigenvalue weighted by Crippen LogP contribution is -2.38. The van der Waals surface area contributed by atoms with Crippen LogP contribution in [0.4, 0.5) is 0 Å². The minimum Gasteiger partial charge on any atom is -0.348 e. The van der Waals surface area contributed by atoms with E-state index < -0.39 is 4.32 Å². The van der Waals surface area contributed by atoms with Gasteiger partial charge in [-0.1, -0.05) is 45.2 Å². The van der Waals surface area contributed by atoms with Gasteiger partial charge in [-0.3, -0.25) is 4.79 Å². The number of nitrogens with one attached hydrogen (secondary N) is 1. The lowest BCUT2D eigenvalue weighted by Gasteiger charge is -2.21. The van der Waals surface area contributed by atoms with E-state index in [2.05, 4.69) is 21.2 Å². The zero-order chi connectivity index (χ0) is 13.2. The van der Waals surface area contributed by atoms with Gasteiger partial charge in [0.2, 0.25) is 5.91 Å². The van der Waals surface area contributed by atoms with Crippen LogP contribution in [0.5, 0.6) is 0 Å². The lowest BCUT2D eigenvalue weighted by molar-refractivity contribution is -0.123. The average molecular weight is 339 g/mol. The summed E-state index contributed by atoms with van der Waals surface area (Å²) in [6.07, 6.45) is 0. The molecular formula is C12H14BrCl2NO. The van der Waals surface area contributed by atoms with Gasteiger partial charge in [-0.05, 0) is 38.5 Å². The van der Waals surface area contributed by atoms with Gasteiger partial charge in [-0.2, -0.15) is 0 Å². The highest BCUT2D eigenvalue weighted by atomic mass is 79.9. The molecule has 1 amide bonds. The van der Waals surface area contributed by atoms with Gasteiger partial charge in [0.1, 0.15) is 0 Å². The summed E-state index contributed by atoms with van der Waals surface area (Å²) in [5, 5.41) is 3.89. The molecule has 0 bridgehead atoms. The van der Waals surface area contributed by atoms with Crippen LogP contribution in [-0.2, 0) is 4.79 Å². The van der Waals surface area contributed by atoms with E-state index in [0.717, 1.165) is 5.56 Å². The molecule has 0 aliphatic heterocycles. The summed E-state index contributed by atoms with van der Waals surface area (Å²) in [4.78, 5) is 11.8. The molecule has 17 heavy (non-hydrogen) atoms. The first kappa shape index (κ1) is 14.8. The standard InChI is InChI=1S/C12H14BrCl2NO/c1-7(16-11(17)12(2,3)13)8-4-5-9(14)10(15)6-8/h4-7H,1-3H3,(H,16,17). The first-order valence-corrected chi connectivity index (χ1v) is 6.71. The molecule has 94 valence electrons. The van der Waals surface area contributed by atoms with Crippen molar-refractivity contribution in [1.82, 2.24) is 5.32 Å². The quantitative estimate of drug-likeness (QED) is 0.816. The minimum absolute atomic E-state index is 0.0731. The maximum absolute atomic E-state index is 11.8. The third-order valence-electron chi connectivity index (χ3n) is 2.33.